The molecule has 0 saturated heterocycles. The van der Waals surface area contributed by atoms with Crippen molar-refractivity contribution in [1.82, 2.24) is 0 Å². The number of carbonyl (C=O) groups is 2. The van der Waals surface area contributed by atoms with E-state index in [0.717, 1.165) is 171 Å². The van der Waals surface area contributed by atoms with Crippen molar-refractivity contribution < 1.29 is 71.8 Å². The minimum Gasteiger partial charge on any atom is -0.490 e. The highest BCUT2D eigenvalue weighted by atomic mass is 17.1. The van der Waals surface area contributed by atoms with E-state index in [4.69, 9.17) is 57.0 Å². The Labute approximate surface area is 519 Å². The third-order valence-corrected chi connectivity index (χ3v) is 15.2. The summed E-state index contributed by atoms with van der Waals surface area (Å²) in [7, 11) is 0. The largest absolute Gasteiger partial charge is 0.490 e. The third kappa shape index (κ3) is 56.2. The van der Waals surface area contributed by atoms with Crippen molar-refractivity contribution >= 4 is 11.9 Å². The summed E-state index contributed by atoms with van der Waals surface area (Å²) in [6.45, 7) is 18.4. The summed E-state index contributed by atoms with van der Waals surface area (Å²) in [6, 6.07) is 4.17. The van der Waals surface area contributed by atoms with Crippen LogP contribution in [0, 0.1) is 6.92 Å². The summed E-state index contributed by atoms with van der Waals surface area (Å²) in [5.74, 6) is 1.98. The van der Waals surface area contributed by atoms with Gasteiger partial charge in [0.05, 0.1) is 78.8 Å². The van der Waals surface area contributed by atoms with Crippen molar-refractivity contribution in [3.05, 3.63) is 17.7 Å². The molecule has 0 radical (unpaired) electrons. The van der Waals surface area contributed by atoms with E-state index < -0.39 is 0 Å². The second-order valence-electron chi connectivity index (χ2n) is 23.2. The lowest BCUT2D eigenvalue weighted by molar-refractivity contribution is -0.282. The summed E-state index contributed by atoms with van der Waals surface area (Å²) < 4.78 is 63.7. The molecule has 0 aliphatic carbocycles. The molecule has 0 aliphatic heterocycles. The molecular weight excluding hydrogens is 1080 g/mol. The Kier molecular flexibility index (Phi) is 62.0. The molecule has 0 saturated carbocycles. The number of unbranched alkanes of at least 4 members (excludes halogenated alkanes) is 30. The number of hydrogen-bond acceptors (Lipinski definition) is 15. The first-order valence-electron chi connectivity index (χ1n) is 35.1. The summed E-state index contributed by atoms with van der Waals surface area (Å²) in [5, 5.41) is 9.40. The van der Waals surface area contributed by atoms with Crippen molar-refractivity contribution in [3.63, 3.8) is 0 Å². The van der Waals surface area contributed by atoms with E-state index >= 15 is 0 Å². The standard InChI is InChI=1S/C70H130O15/c1-5-8-11-35-45-74-52-55-77-51-44-65(85-73)41-32-26-20-14-17-23-29-38-48-80-66-62-64(4)63-67(81-49-39-30-24-18-15-21-27-33-42-68(71)82-60-58-78-56-53-75-46-36-12-9-6-2)70(66)84-50-40-31-25-19-16-22-28-34-43-69(72)83-61-59-79-57-54-76-47-37-13-10-7-3/h62-63,65,73H,5-61H2,1-4H3. The first-order valence-corrected chi connectivity index (χ1v) is 35.1. The zero-order valence-corrected chi connectivity index (χ0v) is 55.2. The molecule has 1 atom stereocenters. The maximum Gasteiger partial charge on any atom is 0.305 e. The molecule has 15 heteroatoms. The molecule has 0 spiro atoms. The Bertz CT molecular complexity index is 1550. The zero-order valence-electron chi connectivity index (χ0n) is 55.2. The van der Waals surface area contributed by atoms with Gasteiger partial charge in [0.15, 0.2) is 11.5 Å². The maximum atomic E-state index is 12.2. The van der Waals surface area contributed by atoms with Gasteiger partial charge in [0, 0.05) is 45.7 Å². The fraction of sp³-hybridized carbons (Fsp3) is 0.886. The van der Waals surface area contributed by atoms with Crippen LogP contribution in [-0.4, -0.2) is 136 Å². The normalized spacial score (nSPS) is 11.8. The van der Waals surface area contributed by atoms with Crippen LogP contribution in [0.2, 0.25) is 0 Å². The van der Waals surface area contributed by atoms with Crippen LogP contribution in [0.1, 0.15) is 283 Å². The molecule has 1 rings (SSSR count). The van der Waals surface area contributed by atoms with Crippen molar-refractivity contribution in [2.24, 2.45) is 0 Å². The van der Waals surface area contributed by atoms with Crippen LogP contribution in [0.5, 0.6) is 17.2 Å². The number of ether oxygens (including phenoxy) is 11. The van der Waals surface area contributed by atoms with E-state index in [-0.39, 0.29) is 18.0 Å². The Balaban J connectivity index is 2.39. The van der Waals surface area contributed by atoms with Gasteiger partial charge in [0.2, 0.25) is 5.75 Å². The number of benzene rings is 1. The molecule has 1 N–H and O–H groups in total. The molecular formula is C70H130O15. The first-order chi connectivity index (χ1) is 41.9. The van der Waals surface area contributed by atoms with E-state index in [9.17, 15) is 14.8 Å². The SMILES string of the molecule is CCCCCCOCCOCCOC(=O)CCCCCCCCCCOc1cc(C)cc(OCCCCCCCCCCC(CCOCCOCCCCCC)OO)c1OCCCCCCCCCCC(=O)OCCOCCOCCCCCC. The van der Waals surface area contributed by atoms with Crippen molar-refractivity contribution in [3.8, 4) is 17.2 Å². The Morgan fingerprint density at radius 2 is 0.624 bits per heavy atom. The van der Waals surface area contributed by atoms with Crippen LogP contribution in [0.15, 0.2) is 12.1 Å². The fourth-order valence-electron chi connectivity index (χ4n) is 9.90. The average molecular weight is 1210 g/mol. The first kappa shape index (κ1) is 80.3. The predicted molar refractivity (Wildman–Crippen MR) is 344 cm³/mol. The van der Waals surface area contributed by atoms with Gasteiger partial charge in [-0.2, -0.15) is 0 Å². The van der Waals surface area contributed by atoms with Crippen LogP contribution >= 0.6 is 0 Å². The number of rotatable bonds is 70. The van der Waals surface area contributed by atoms with Crippen LogP contribution < -0.4 is 14.2 Å². The topological polar surface area (TPSA) is 165 Å². The van der Waals surface area contributed by atoms with E-state index in [1.54, 1.807) is 0 Å². The summed E-state index contributed by atoms with van der Waals surface area (Å²) >= 11 is 0. The van der Waals surface area contributed by atoms with Gasteiger partial charge in [0.25, 0.3) is 0 Å². The van der Waals surface area contributed by atoms with Gasteiger partial charge in [0.1, 0.15) is 13.2 Å². The molecule has 85 heavy (non-hydrogen) atoms. The van der Waals surface area contributed by atoms with Crippen molar-refractivity contribution in [2.45, 2.75) is 291 Å². The van der Waals surface area contributed by atoms with Crippen LogP contribution in [0.4, 0.5) is 0 Å². The van der Waals surface area contributed by atoms with Crippen molar-refractivity contribution in [2.75, 3.05) is 112 Å². The number of esters is 2. The molecule has 15 nitrogen and oxygen atoms in total. The number of hydrogen-bond donors (Lipinski definition) is 1. The molecule has 1 aromatic carbocycles. The second-order valence-corrected chi connectivity index (χ2v) is 23.2. The second kappa shape index (κ2) is 65.7. The lowest BCUT2D eigenvalue weighted by Crippen LogP contribution is -2.15. The van der Waals surface area contributed by atoms with Gasteiger partial charge < -0.3 is 52.1 Å². The zero-order chi connectivity index (χ0) is 61.2. The summed E-state index contributed by atoms with van der Waals surface area (Å²) in [6.07, 6.45) is 43.0. The van der Waals surface area contributed by atoms with Gasteiger partial charge in [-0.05, 0) is 82.4 Å². The Morgan fingerprint density at radius 1 is 0.329 bits per heavy atom. The van der Waals surface area contributed by atoms with Gasteiger partial charge in [-0.1, -0.05) is 201 Å². The highest BCUT2D eigenvalue weighted by molar-refractivity contribution is 5.69. The van der Waals surface area contributed by atoms with E-state index in [2.05, 4.69) is 39.8 Å². The molecule has 0 amide bonds. The number of carbonyl (C=O) groups excluding carboxylic acids is 2. The molecule has 1 unspecified atom stereocenters. The van der Waals surface area contributed by atoms with Gasteiger partial charge in [-0.15, -0.1) is 0 Å². The average Bonchev–Trinajstić information content (AvgIpc) is 3.63. The molecule has 1 aromatic rings. The van der Waals surface area contributed by atoms with Crippen LogP contribution in [-0.2, 0) is 52.4 Å². The van der Waals surface area contributed by atoms with Gasteiger partial charge >= 0.3 is 11.9 Å². The quantitative estimate of drug-likeness (QED) is 0.0283. The molecule has 0 aromatic heterocycles. The third-order valence-electron chi connectivity index (χ3n) is 15.2. The van der Waals surface area contributed by atoms with E-state index in [0.29, 0.717) is 112 Å². The lowest BCUT2D eigenvalue weighted by Gasteiger charge is -2.18. The minimum absolute atomic E-state index is 0.138. The fourth-order valence-corrected chi connectivity index (χ4v) is 9.90. The molecule has 500 valence electrons. The van der Waals surface area contributed by atoms with Gasteiger partial charge in [-0.25, -0.2) is 4.89 Å². The minimum atomic E-state index is -0.174. The summed E-state index contributed by atoms with van der Waals surface area (Å²) in [5.41, 5.74) is 1.09. The predicted octanol–water partition coefficient (Wildman–Crippen LogP) is 17.8. The smallest absolute Gasteiger partial charge is 0.305 e. The maximum absolute atomic E-state index is 12.2. The Morgan fingerprint density at radius 3 is 1.00 bits per heavy atom. The number of aryl methyl sites for hydroxylation is 1. The highest BCUT2D eigenvalue weighted by Crippen LogP contribution is 2.39. The van der Waals surface area contributed by atoms with Gasteiger partial charge in [-0.3, -0.25) is 14.8 Å². The molecule has 0 fully saturated rings. The van der Waals surface area contributed by atoms with Crippen LogP contribution in [0.3, 0.4) is 0 Å². The Hall–Kier alpha value is -2.76. The lowest BCUT2D eigenvalue weighted by atomic mass is 10.0. The molecule has 0 aliphatic rings. The van der Waals surface area contributed by atoms with Crippen LogP contribution in [0.25, 0.3) is 0 Å². The molecule has 0 bridgehead atoms. The molecule has 0 heterocycles. The summed E-state index contributed by atoms with van der Waals surface area (Å²) in [4.78, 5) is 29.1. The monoisotopic (exact) mass is 1210 g/mol. The van der Waals surface area contributed by atoms with Crippen molar-refractivity contribution in [1.29, 1.82) is 0 Å². The highest BCUT2D eigenvalue weighted by Gasteiger charge is 2.16. The van der Waals surface area contributed by atoms with E-state index in [1.807, 2.05) is 0 Å². The van der Waals surface area contributed by atoms with E-state index in [1.165, 1.54) is 109 Å².